The molecule has 12 amide bonds. The number of likely N-dealkylation sites (tertiary alicyclic amines) is 1. The summed E-state index contributed by atoms with van der Waals surface area (Å²) in [7, 11) is 0. The SMILES string of the molecule is CC[C@H](C)[C@H](NC(=O)[C@H](CC(C)C)NC(=O)[C@H](CC(=O)O)NC(=O)[C@@H]1CCCN1C(=O)[C@H](CCCN=C(N)N)NC(=O)[C@@H](NC(=O)[C@H](CCC(N)=O)NC(=O)[C@@H](N)CC(=O)O)C(C)C)C(=O)N[C@@H](CO)C(=O)N[C@H](C(=O)N[C@@H](CCC(=O)O)C(=O)N[C@@H](CCC(=O)O)C(=O)O)[C@@H](C)O. The van der Waals surface area contributed by atoms with Crippen molar-refractivity contribution in [2.24, 2.45) is 45.7 Å². The van der Waals surface area contributed by atoms with Crippen molar-refractivity contribution in [1.82, 2.24) is 58.1 Å². The Hall–Kier alpha value is -9.86. The number of guanidine groups is 1. The predicted molar refractivity (Wildman–Crippen MR) is 339 cm³/mol. The first kappa shape index (κ1) is 86.2. The van der Waals surface area contributed by atoms with Crippen LogP contribution in [0.3, 0.4) is 0 Å². The summed E-state index contributed by atoms with van der Waals surface area (Å²) in [6, 6.07) is -20.3. The van der Waals surface area contributed by atoms with Crippen molar-refractivity contribution >= 4 is 107 Å². The molecule has 552 valence electrons. The van der Waals surface area contributed by atoms with E-state index in [-0.39, 0.29) is 57.6 Å². The monoisotopic (exact) mass is 1400 g/mol. The lowest BCUT2D eigenvalue weighted by molar-refractivity contribution is -0.144. The van der Waals surface area contributed by atoms with Gasteiger partial charge in [-0.1, -0.05) is 48.0 Å². The van der Waals surface area contributed by atoms with Crippen LogP contribution in [0.4, 0.5) is 0 Å². The summed E-state index contributed by atoms with van der Waals surface area (Å²) in [6.07, 6.45) is -7.48. The molecule has 40 heteroatoms. The third-order valence-electron chi connectivity index (χ3n) is 15.3. The highest BCUT2D eigenvalue weighted by Crippen LogP contribution is 2.22. The maximum atomic E-state index is 14.6. The number of carboxylic acid groups (broad SMARTS) is 5. The van der Waals surface area contributed by atoms with Gasteiger partial charge in [-0.05, 0) is 76.0 Å². The molecule has 0 spiro atoms. The molecule has 1 aliphatic rings. The smallest absolute Gasteiger partial charge is 0.326 e. The second-order valence-corrected chi connectivity index (χ2v) is 24.2. The van der Waals surface area contributed by atoms with Gasteiger partial charge >= 0.3 is 29.8 Å². The van der Waals surface area contributed by atoms with E-state index in [0.29, 0.717) is 0 Å². The normalized spacial score (nSPS) is 16.7. The van der Waals surface area contributed by atoms with Crippen LogP contribution in [0.15, 0.2) is 4.99 Å². The van der Waals surface area contributed by atoms with Gasteiger partial charge in [0, 0.05) is 32.4 Å². The van der Waals surface area contributed by atoms with Crippen LogP contribution < -0.4 is 76.1 Å². The molecule has 14 atom stereocenters. The number of nitrogens with zero attached hydrogens (tertiary/aromatic N) is 2. The van der Waals surface area contributed by atoms with Crippen LogP contribution in [-0.4, -0.2) is 246 Å². The van der Waals surface area contributed by atoms with Gasteiger partial charge in [-0.3, -0.25) is 81.7 Å². The van der Waals surface area contributed by atoms with Crippen molar-refractivity contribution in [1.29, 1.82) is 0 Å². The summed E-state index contributed by atoms with van der Waals surface area (Å²) in [5, 5.41) is 90.9. The average molecular weight is 1400 g/mol. The Bertz CT molecular complexity index is 2890. The van der Waals surface area contributed by atoms with Crippen LogP contribution >= 0.6 is 0 Å². The maximum Gasteiger partial charge on any atom is 0.326 e. The Labute approximate surface area is 562 Å². The summed E-state index contributed by atoms with van der Waals surface area (Å²) in [6.45, 7) is 9.02. The third kappa shape index (κ3) is 30.9. The molecule has 0 aliphatic carbocycles. The minimum absolute atomic E-state index is 0.0357. The average Bonchev–Trinajstić information content (AvgIpc) is 1.56. The number of carbonyl (C=O) groups excluding carboxylic acids is 12. The number of hydrogen-bond donors (Lipinski definition) is 21. The number of carbonyl (C=O) groups is 17. The summed E-state index contributed by atoms with van der Waals surface area (Å²) in [5.74, 6) is -23.1. The number of amides is 12. The van der Waals surface area contributed by atoms with Crippen LogP contribution in [-0.2, 0) is 81.5 Å². The van der Waals surface area contributed by atoms with Crippen LogP contribution in [0, 0.1) is 17.8 Å². The fourth-order valence-corrected chi connectivity index (χ4v) is 9.72. The number of aliphatic hydroxyl groups is 2. The van der Waals surface area contributed by atoms with E-state index < -0.39 is 255 Å². The lowest BCUT2D eigenvalue weighted by Gasteiger charge is -2.32. The summed E-state index contributed by atoms with van der Waals surface area (Å²) in [4.78, 5) is 227. The van der Waals surface area contributed by atoms with E-state index in [1.807, 2.05) is 5.32 Å². The van der Waals surface area contributed by atoms with Crippen molar-refractivity contribution in [2.45, 2.75) is 217 Å². The molecule has 1 aliphatic heterocycles. The maximum absolute atomic E-state index is 14.6. The topological polar surface area (TPSA) is 672 Å². The highest BCUT2D eigenvalue weighted by molar-refractivity contribution is 6.00. The van der Waals surface area contributed by atoms with E-state index >= 15 is 0 Å². The van der Waals surface area contributed by atoms with Gasteiger partial charge in [-0.15, -0.1) is 0 Å². The predicted octanol–water partition coefficient (Wildman–Crippen LogP) is -7.64. The molecular formula is C58H96N16O24. The van der Waals surface area contributed by atoms with Gasteiger partial charge in [0.25, 0.3) is 0 Å². The Balaban J connectivity index is 3.54. The summed E-state index contributed by atoms with van der Waals surface area (Å²) >= 11 is 0. The van der Waals surface area contributed by atoms with Gasteiger partial charge in [0.1, 0.15) is 66.5 Å². The second kappa shape index (κ2) is 42.6. The number of carboxylic acids is 5. The van der Waals surface area contributed by atoms with E-state index in [1.165, 1.54) is 20.8 Å². The van der Waals surface area contributed by atoms with Crippen LogP contribution in [0.25, 0.3) is 0 Å². The number of nitrogens with two attached hydrogens (primary N) is 4. The third-order valence-corrected chi connectivity index (χ3v) is 15.3. The van der Waals surface area contributed by atoms with Crippen molar-refractivity contribution in [3.05, 3.63) is 0 Å². The number of rotatable bonds is 46. The lowest BCUT2D eigenvalue weighted by Crippen LogP contribution is -2.63. The Morgan fingerprint density at radius 1 is 0.500 bits per heavy atom. The van der Waals surface area contributed by atoms with Crippen molar-refractivity contribution < 1.29 is 117 Å². The molecule has 40 nitrogen and oxygen atoms in total. The Morgan fingerprint density at radius 2 is 0.949 bits per heavy atom. The molecule has 0 aromatic heterocycles. The molecule has 0 unspecified atom stereocenters. The van der Waals surface area contributed by atoms with Gasteiger partial charge in [0.15, 0.2) is 5.96 Å². The molecule has 1 rings (SSSR count). The minimum Gasteiger partial charge on any atom is -0.481 e. The zero-order valence-corrected chi connectivity index (χ0v) is 55.5. The largest absolute Gasteiger partial charge is 0.481 e. The molecule has 1 heterocycles. The van der Waals surface area contributed by atoms with Gasteiger partial charge in [-0.25, -0.2) is 4.79 Å². The van der Waals surface area contributed by atoms with Crippen molar-refractivity contribution in [3.63, 3.8) is 0 Å². The molecular weight excluding hydrogens is 1300 g/mol. The minimum atomic E-state index is -2.02. The lowest BCUT2D eigenvalue weighted by atomic mass is 9.96. The quantitative estimate of drug-likeness (QED) is 0.0153. The number of aliphatic imine (C=N–C) groups is 1. The highest BCUT2D eigenvalue weighted by atomic mass is 16.4. The zero-order chi connectivity index (χ0) is 75.0. The molecule has 0 aromatic carbocycles. The van der Waals surface area contributed by atoms with Gasteiger partial charge in [0.05, 0.1) is 31.6 Å². The van der Waals surface area contributed by atoms with Crippen molar-refractivity contribution in [2.75, 3.05) is 19.7 Å². The fraction of sp³-hybridized carbons (Fsp3) is 0.690. The first-order chi connectivity index (χ1) is 45.6. The number of primary amides is 1. The summed E-state index contributed by atoms with van der Waals surface area (Å²) in [5.41, 5.74) is 21.9. The Kier molecular flexibility index (Phi) is 37.5. The fourth-order valence-electron chi connectivity index (χ4n) is 9.72. The van der Waals surface area contributed by atoms with E-state index in [2.05, 4.69) is 52.8 Å². The number of aliphatic carboxylic acids is 5. The standard InChI is InChI=1S/C58H96N16O24/c1-8-27(6)44(54(94)70-36(24-75)51(91)73-45(28(7)76)55(95)65-31(14-17-39(78)79)47(87)67-33(57(97)98)15-18-40(80)81)72-50(90)34(21-25(2)3)68-49(89)35(23-42(84)85)69-52(92)37-12-10-20-74(37)56(96)32(11-9-19-63-58(61)62)66-53(93)43(26(4)5)71-48(88)30(13-16-38(60)77)64-46(86)29(59)22-41(82)83/h25-37,43-45,75-76H,8-24,59H2,1-7H3,(H2,60,77)(H,64,86)(H,65,95)(H,66,93)(H,67,87)(H,68,89)(H,69,92)(H,70,94)(H,71,88)(H,72,90)(H,73,91)(H,78,79)(H,80,81)(H,82,83)(H,84,85)(H,97,98)(H4,61,62,63)/t27-,28+,29-,30-,31-,32-,33-,34-,35-,36-,37-,43-,44-,45-/m0/s1. The molecule has 1 fully saturated rings. The van der Waals surface area contributed by atoms with E-state index in [1.54, 1.807) is 20.8 Å². The van der Waals surface area contributed by atoms with Gasteiger partial charge in [-0.2, -0.15) is 0 Å². The molecule has 0 saturated carbocycles. The Morgan fingerprint density at radius 3 is 1.45 bits per heavy atom. The highest BCUT2D eigenvalue weighted by Gasteiger charge is 2.42. The molecule has 98 heavy (non-hydrogen) atoms. The molecule has 0 aromatic rings. The van der Waals surface area contributed by atoms with Gasteiger partial charge < -0.3 is 117 Å². The van der Waals surface area contributed by atoms with E-state index in [4.69, 9.17) is 33.1 Å². The molecule has 25 N–H and O–H groups in total. The van der Waals surface area contributed by atoms with Crippen LogP contribution in [0.5, 0.6) is 0 Å². The van der Waals surface area contributed by atoms with Crippen LogP contribution in [0.2, 0.25) is 0 Å². The first-order valence-electron chi connectivity index (χ1n) is 31.5. The molecule has 1 saturated heterocycles. The number of nitrogens with one attached hydrogen (secondary N) is 10. The second-order valence-electron chi connectivity index (χ2n) is 24.2. The van der Waals surface area contributed by atoms with E-state index in [9.17, 15) is 107 Å². The van der Waals surface area contributed by atoms with Crippen LogP contribution in [0.1, 0.15) is 138 Å². The molecule has 0 bridgehead atoms. The summed E-state index contributed by atoms with van der Waals surface area (Å²) < 4.78 is 0. The zero-order valence-electron chi connectivity index (χ0n) is 55.5. The van der Waals surface area contributed by atoms with E-state index in [0.717, 1.165) is 11.8 Å². The number of aliphatic hydroxyl groups excluding tert-OH is 2. The van der Waals surface area contributed by atoms with Gasteiger partial charge in [0.2, 0.25) is 70.9 Å². The molecule has 0 radical (unpaired) electrons. The number of hydrogen-bond acceptors (Lipinski definition) is 21. The van der Waals surface area contributed by atoms with Crippen molar-refractivity contribution in [3.8, 4) is 0 Å². The first-order valence-corrected chi connectivity index (χ1v) is 31.5.